The molecule has 4 nitrogen and oxygen atoms in total. The minimum absolute atomic E-state index is 0.157. The lowest BCUT2D eigenvalue weighted by molar-refractivity contribution is 0.0946. The van der Waals surface area contributed by atoms with Crippen LogP contribution in [0.25, 0.3) is 0 Å². The highest BCUT2D eigenvalue weighted by molar-refractivity contribution is 7.08. The van der Waals surface area contributed by atoms with Gasteiger partial charge in [-0.2, -0.15) is 11.3 Å². The summed E-state index contributed by atoms with van der Waals surface area (Å²) in [6.45, 7) is 2.46. The summed E-state index contributed by atoms with van der Waals surface area (Å²) in [7, 11) is 0. The molecule has 18 heavy (non-hydrogen) atoms. The van der Waals surface area contributed by atoms with E-state index < -0.39 is 0 Å². The smallest absolute Gasteiger partial charge is 0.271 e. The molecule has 0 aromatic carbocycles. The third-order valence-corrected chi connectivity index (χ3v) is 3.70. The number of nitrogens with one attached hydrogen (secondary N) is 1. The molecule has 0 fully saturated rings. The number of carbonyl (C=O) groups excluding carboxylic acids is 1. The minimum Gasteiger partial charge on any atom is -0.384 e. The molecule has 1 amide bonds. The second-order valence-corrected chi connectivity index (χ2v) is 4.98. The Bertz CT molecular complexity index is 582. The molecule has 2 rings (SSSR count). The van der Waals surface area contributed by atoms with Crippen LogP contribution in [-0.2, 0) is 6.54 Å². The van der Waals surface area contributed by atoms with Gasteiger partial charge in [0, 0.05) is 6.54 Å². The summed E-state index contributed by atoms with van der Waals surface area (Å²) >= 11 is 7.51. The first-order valence-electron chi connectivity index (χ1n) is 5.30. The molecular weight excluding hydrogens is 270 g/mol. The number of hydrogen-bond acceptors (Lipinski definition) is 4. The molecule has 0 aliphatic carbocycles. The molecule has 0 saturated heterocycles. The van der Waals surface area contributed by atoms with Gasteiger partial charge in [0.25, 0.3) is 5.91 Å². The van der Waals surface area contributed by atoms with Gasteiger partial charge in [-0.25, -0.2) is 4.98 Å². The Hall–Kier alpha value is -1.59. The van der Waals surface area contributed by atoms with Crippen LogP contribution in [0.15, 0.2) is 22.9 Å². The minimum atomic E-state index is -0.321. The summed E-state index contributed by atoms with van der Waals surface area (Å²) in [4.78, 5) is 15.8. The van der Waals surface area contributed by atoms with Gasteiger partial charge in [-0.3, -0.25) is 4.79 Å². The van der Waals surface area contributed by atoms with Gasteiger partial charge >= 0.3 is 0 Å². The number of anilines is 1. The van der Waals surface area contributed by atoms with Crippen LogP contribution in [-0.4, -0.2) is 10.9 Å². The van der Waals surface area contributed by atoms with Crippen LogP contribution in [0, 0.1) is 6.92 Å². The normalized spacial score (nSPS) is 10.3. The highest BCUT2D eigenvalue weighted by Crippen LogP contribution is 2.16. The highest BCUT2D eigenvalue weighted by Gasteiger charge is 2.12. The average molecular weight is 282 g/mol. The highest BCUT2D eigenvalue weighted by atomic mass is 35.5. The van der Waals surface area contributed by atoms with E-state index in [1.54, 1.807) is 23.5 Å². The number of carbonyl (C=O) groups is 1. The van der Waals surface area contributed by atoms with E-state index >= 15 is 0 Å². The molecule has 2 heterocycles. The molecule has 0 aliphatic rings. The van der Waals surface area contributed by atoms with Gasteiger partial charge < -0.3 is 11.1 Å². The lowest BCUT2D eigenvalue weighted by atomic mass is 10.2. The standard InChI is InChI=1S/C12H12ClN3OS/c1-7-5-18-6-8(7)4-15-12(17)11-9(13)2-3-10(14)16-11/h2-3,5-6H,4H2,1H3,(H2,14,16)(H,15,17). The van der Waals surface area contributed by atoms with Crippen molar-refractivity contribution in [2.45, 2.75) is 13.5 Å². The molecule has 0 spiro atoms. The molecule has 0 aliphatic heterocycles. The molecule has 3 N–H and O–H groups in total. The van der Waals surface area contributed by atoms with Crippen molar-refractivity contribution in [1.82, 2.24) is 10.3 Å². The molecule has 0 atom stereocenters. The average Bonchev–Trinajstić information content (AvgIpc) is 2.75. The summed E-state index contributed by atoms with van der Waals surface area (Å²) in [5.41, 5.74) is 7.94. The number of amides is 1. The van der Waals surface area contributed by atoms with Crippen molar-refractivity contribution >= 4 is 34.7 Å². The Labute approximate surface area is 114 Å². The first kappa shape index (κ1) is 12.9. The number of thiophene rings is 1. The lowest BCUT2D eigenvalue weighted by Crippen LogP contribution is -2.24. The molecule has 0 bridgehead atoms. The van der Waals surface area contributed by atoms with E-state index in [2.05, 4.69) is 10.3 Å². The maximum Gasteiger partial charge on any atom is 0.271 e. The zero-order valence-electron chi connectivity index (χ0n) is 9.74. The maximum absolute atomic E-state index is 11.9. The van der Waals surface area contributed by atoms with Gasteiger partial charge in [0.15, 0.2) is 0 Å². The molecule has 94 valence electrons. The van der Waals surface area contributed by atoms with Crippen LogP contribution in [0.2, 0.25) is 5.02 Å². The number of rotatable bonds is 3. The van der Waals surface area contributed by atoms with E-state index in [0.29, 0.717) is 11.6 Å². The largest absolute Gasteiger partial charge is 0.384 e. The third-order valence-electron chi connectivity index (χ3n) is 2.48. The lowest BCUT2D eigenvalue weighted by Gasteiger charge is -2.06. The molecule has 0 unspecified atom stereocenters. The number of aromatic nitrogens is 1. The second kappa shape index (κ2) is 5.37. The number of hydrogen-bond donors (Lipinski definition) is 2. The van der Waals surface area contributed by atoms with E-state index in [1.165, 1.54) is 0 Å². The second-order valence-electron chi connectivity index (χ2n) is 3.83. The van der Waals surface area contributed by atoms with Crippen LogP contribution in [0.1, 0.15) is 21.6 Å². The van der Waals surface area contributed by atoms with Crippen molar-refractivity contribution < 1.29 is 4.79 Å². The van der Waals surface area contributed by atoms with Crippen molar-refractivity contribution in [1.29, 1.82) is 0 Å². The van der Waals surface area contributed by atoms with Crippen LogP contribution >= 0.6 is 22.9 Å². The SMILES string of the molecule is Cc1cscc1CNC(=O)c1nc(N)ccc1Cl. The van der Waals surface area contributed by atoms with E-state index in [0.717, 1.165) is 11.1 Å². The summed E-state index contributed by atoms with van der Waals surface area (Å²) in [5, 5.41) is 7.11. The van der Waals surface area contributed by atoms with Crippen LogP contribution in [0.3, 0.4) is 0 Å². The Morgan fingerprint density at radius 3 is 2.94 bits per heavy atom. The number of aryl methyl sites for hydroxylation is 1. The Kier molecular flexibility index (Phi) is 3.84. The van der Waals surface area contributed by atoms with Crippen molar-refractivity contribution in [3.63, 3.8) is 0 Å². The first-order chi connectivity index (χ1) is 8.58. The summed E-state index contributed by atoms with van der Waals surface area (Å²) in [5.74, 6) is -0.0471. The topological polar surface area (TPSA) is 68.0 Å². The predicted octanol–water partition coefficient (Wildman–Crippen LogP) is 2.62. The van der Waals surface area contributed by atoms with E-state index in [1.807, 2.05) is 17.7 Å². The van der Waals surface area contributed by atoms with Gasteiger partial charge in [-0.1, -0.05) is 11.6 Å². The fraction of sp³-hybridized carbons (Fsp3) is 0.167. The number of pyridine rings is 1. The number of nitrogens with two attached hydrogens (primary N) is 1. The van der Waals surface area contributed by atoms with Crippen molar-refractivity contribution in [3.8, 4) is 0 Å². The molecule has 6 heteroatoms. The van der Waals surface area contributed by atoms with Gasteiger partial charge in [0.05, 0.1) is 5.02 Å². The fourth-order valence-corrected chi connectivity index (χ4v) is 2.49. The van der Waals surface area contributed by atoms with Crippen molar-refractivity contribution in [3.05, 3.63) is 44.7 Å². The van der Waals surface area contributed by atoms with Gasteiger partial charge in [0.1, 0.15) is 11.5 Å². The molecular formula is C12H12ClN3OS. The zero-order valence-corrected chi connectivity index (χ0v) is 11.3. The zero-order chi connectivity index (χ0) is 13.1. The molecule has 2 aromatic rings. The Morgan fingerprint density at radius 2 is 2.28 bits per heavy atom. The van der Waals surface area contributed by atoms with Crippen LogP contribution in [0.5, 0.6) is 0 Å². The predicted molar refractivity (Wildman–Crippen MR) is 73.9 cm³/mol. The first-order valence-corrected chi connectivity index (χ1v) is 6.62. The third kappa shape index (κ3) is 2.80. The number of nitrogen functional groups attached to an aromatic ring is 1. The molecule has 0 radical (unpaired) electrons. The quantitative estimate of drug-likeness (QED) is 0.909. The van der Waals surface area contributed by atoms with Gasteiger partial charge in [-0.05, 0) is 40.9 Å². The number of nitrogens with zero attached hydrogens (tertiary/aromatic N) is 1. The summed E-state index contributed by atoms with van der Waals surface area (Å²) in [6, 6.07) is 3.12. The van der Waals surface area contributed by atoms with E-state index in [-0.39, 0.29) is 17.4 Å². The molecule has 0 saturated carbocycles. The van der Waals surface area contributed by atoms with Crippen molar-refractivity contribution in [2.24, 2.45) is 0 Å². The van der Waals surface area contributed by atoms with E-state index in [4.69, 9.17) is 17.3 Å². The molecule has 2 aromatic heterocycles. The van der Waals surface area contributed by atoms with Gasteiger partial charge in [-0.15, -0.1) is 0 Å². The monoisotopic (exact) mass is 281 g/mol. The summed E-state index contributed by atoms with van der Waals surface area (Å²) < 4.78 is 0. The van der Waals surface area contributed by atoms with Crippen molar-refractivity contribution in [2.75, 3.05) is 5.73 Å². The fourth-order valence-electron chi connectivity index (χ4n) is 1.44. The summed E-state index contributed by atoms with van der Waals surface area (Å²) in [6.07, 6.45) is 0. The Morgan fingerprint density at radius 1 is 1.50 bits per heavy atom. The van der Waals surface area contributed by atoms with Crippen LogP contribution in [0.4, 0.5) is 5.82 Å². The van der Waals surface area contributed by atoms with E-state index in [9.17, 15) is 4.79 Å². The Balaban J connectivity index is 2.08. The number of halogens is 1. The van der Waals surface area contributed by atoms with Crippen LogP contribution < -0.4 is 11.1 Å². The van der Waals surface area contributed by atoms with Gasteiger partial charge in [0.2, 0.25) is 0 Å². The maximum atomic E-state index is 11.9.